The number of allylic oxidation sites excluding steroid dienone is 2. The molecule has 0 saturated heterocycles. The van der Waals surface area contributed by atoms with Crippen LogP contribution in [0.1, 0.15) is 33.3 Å². The molecule has 0 aliphatic heterocycles. The Hall–Kier alpha value is -3.41. The van der Waals surface area contributed by atoms with Gasteiger partial charge in [0.15, 0.2) is 5.76 Å². The summed E-state index contributed by atoms with van der Waals surface area (Å²) in [6.07, 6.45) is 2.17. The molecule has 0 radical (unpaired) electrons. The Morgan fingerprint density at radius 1 is 1.07 bits per heavy atom. The SMILES string of the molecule is CC.COc1ccc(-c2oc3c(CC=C(C)C)c(O)cc(O)c3c(=O)c2O)cc1. The maximum atomic E-state index is 12.7. The van der Waals surface area contributed by atoms with Crippen LogP contribution in [0.4, 0.5) is 0 Å². The zero-order valence-electron chi connectivity index (χ0n) is 17.2. The summed E-state index contributed by atoms with van der Waals surface area (Å²) in [5.41, 5.74) is 1.11. The molecule has 0 bridgehead atoms. The molecule has 0 aliphatic rings. The summed E-state index contributed by atoms with van der Waals surface area (Å²) >= 11 is 0. The lowest BCUT2D eigenvalue weighted by Crippen LogP contribution is -2.05. The normalized spacial score (nSPS) is 10.2. The number of methoxy groups -OCH3 is 1. The summed E-state index contributed by atoms with van der Waals surface area (Å²) in [5, 5.41) is 30.6. The fourth-order valence-corrected chi connectivity index (χ4v) is 2.82. The molecule has 0 saturated carbocycles. The Morgan fingerprint density at radius 3 is 2.24 bits per heavy atom. The lowest BCUT2D eigenvalue weighted by atomic mass is 10.0. The largest absolute Gasteiger partial charge is 0.507 e. The van der Waals surface area contributed by atoms with Crippen LogP contribution in [0.5, 0.6) is 23.0 Å². The quantitative estimate of drug-likeness (QED) is 0.528. The maximum Gasteiger partial charge on any atom is 0.238 e. The lowest BCUT2D eigenvalue weighted by molar-refractivity contribution is 0.414. The van der Waals surface area contributed by atoms with E-state index in [1.54, 1.807) is 24.3 Å². The van der Waals surface area contributed by atoms with Crippen LogP contribution in [-0.2, 0) is 6.42 Å². The van der Waals surface area contributed by atoms with Gasteiger partial charge in [0.2, 0.25) is 11.2 Å². The minimum absolute atomic E-state index is 0.0404. The summed E-state index contributed by atoms with van der Waals surface area (Å²) in [4.78, 5) is 12.7. The van der Waals surface area contributed by atoms with Gasteiger partial charge in [0, 0.05) is 17.2 Å². The highest BCUT2D eigenvalue weighted by molar-refractivity contribution is 5.91. The molecule has 0 unspecified atom stereocenters. The van der Waals surface area contributed by atoms with Crippen molar-refractivity contribution in [3.8, 4) is 34.3 Å². The summed E-state index contributed by atoms with van der Waals surface area (Å²) in [6.45, 7) is 7.81. The van der Waals surface area contributed by atoms with E-state index in [4.69, 9.17) is 9.15 Å². The van der Waals surface area contributed by atoms with Crippen molar-refractivity contribution in [2.45, 2.75) is 34.1 Å². The summed E-state index contributed by atoms with van der Waals surface area (Å²) in [5.74, 6) is -0.679. The van der Waals surface area contributed by atoms with Crippen molar-refractivity contribution in [1.82, 2.24) is 0 Å². The number of phenolic OH excluding ortho intramolecular Hbond substituents is 2. The standard InChI is InChI=1S/C21H20O6.C2H6/c1-11(2)4-9-14-15(22)10-16(23)17-18(24)19(25)20(27-21(14)17)12-5-7-13(26-3)8-6-12;1-2/h4-8,10,22-23,25H,9H2,1-3H3;1-2H3. The van der Waals surface area contributed by atoms with Crippen LogP contribution in [0.25, 0.3) is 22.3 Å². The molecule has 6 heteroatoms. The Bertz CT molecular complexity index is 1090. The van der Waals surface area contributed by atoms with Crippen molar-refractivity contribution in [3.63, 3.8) is 0 Å². The van der Waals surface area contributed by atoms with E-state index < -0.39 is 16.9 Å². The highest BCUT2D eigenvalue weighted by Gasteiger charge is 2.22. The number of phenols is 2. The highest BCUT2D eigenvalue weighted by atomic mass is 16.5. The van der Waals surface area contributed by atoms with Gasteiger partial charge in [-0.1, -0.05) is 25.5 Å². The van der Waals surface area contributed by atoms with E-state index >= 15 is 0 Å². The average Bonchev–Trinajstić information content (AvgIpc) is 2.71. The number of benzene rings is 2. The van der Waals surface area contributed by atoms with E-state index in [1.807, 2.05) is 33.8 Å². The van der Waals surface area contributed by atoms with Gasteiger partial charge < -0.3 is 24.5 Å². The van der Waals surface area contributed by atoms with Gasteiger partial charge in [-0.05, 0) is 44.5 Å². The van der Waals surface area contributed by atoms with Crippen molar-refractivity contribution >= 4 is 11.0 Å². The Labute approximate surface area is 169 Å². The van der Waals surface area contributed by atoms with Crippen LogP contribution in [0, 0.1) is 0 Å². The Balaban J connectivity index is 0.00000145. The smallest absolute Gasteiger partial charge is 0.238 e. The van der Waals surface area contributed by atoms with Crippen molar-refractivity contribution in [1.29, 1.82) is 0 Å². The topological polar surface area (TPSA) is 100 Å². The minimum atomic E-state index is -0.766. The first-order chi connectivity index (χ1) is 13.8. The number of ether oxygens (including phenoxy) is 1. The summed E-state index contributed by atoms with van der Waals surface area (Å²) in [6, 6.07) is 7.70. The van der Waals surface area contributed by atoms with Gasteiger partial charge in [0.25, 0.3) is 0 Å². The third-order valence-corrected chi connectivity index (χ3v) is 4.27. The van der Waals surface area contributed by atoms with E-state index in [0.29, 0.717) is 23.3 Å². The molecule has 0 spiro atoms. The molecular weight excluding hydrogens is 372 g/mol. The predicted molar refractivity (Wildman–Crippen MR) is 114 cm³/mol. The van der Waals surface area contributed by atoms with Crippen molar-refractivity contribution in [3.05, 3.63) is 57.8 Å². The highest BCUT2D eigenvalue weighted by Crippen LogP contribution is 2.38. The van der Waals surface area contributed by atoms with Gasteiger partial charge in [0.05, 0.1) is 7.11 Å². The van der Waals surface area contributed by atoms with E-state index in [1.165, 1.54) is 7.11 Å². The molecule has 0 atom stereocenters. The second-order valence-corrected chi connectivity index (χ2v) is 6.42. The molecule has 3 N–H and O–H groups in total. The molecule has 1 aromatic heterocycles. The van der Waals surface area contributed by atoms with Gasteiger partial charge in [-0.15, -0.1) is 0 Å². The van der Waals surface area contributed by atoms with Crippen LogP contribution < -0.4 is 10.2 Å². The van der Waals surface area contributed by atoms with Gasteiger partial charge in [-0.2, -0.15) is 0 Å². The van der Waals surface area contributed by atoms with E-state index in [2.05, 4.69) is 0 Å². The Morgan fingerprint density at radius 2 is 1.69 bits per heavy atom. The second kappa shape index (κ2) is 9.19. The average molecular weight is 398 g/mol. The van der Waals surface area contributed by atoms with Gasteiger partial charge >= 0.3 is 0 Å². The monoisotopic (exact) mass is 398 g/mol. The number of fused-ring (bicyclic) bond motifs is 1. The molecule has 154 valence electrons. The van der Waals surface area contributed by atoms with Crippen LogP contribution in [0.3, 0.4) is 0 Å². The van der Waals surface area contributed by atoms with E-state index in [9.17, 15) is 20.1 Å². The molecule has 6 nitrogen and oxygen atoms in total. The molecule has 0 fully saturated rings. The molecule has 3 aromatic rings. The molecule has 0 amide bonds. The zero-order valence-corrected chi connectivity index (χ0v) is 17.2. The number of rotatable bonds is 4. The van der Waals surface area contributed by atoms with Gasteiger partial charge in [-0.25, -0.2) is 0 Å². The van der Waals surface area contributed by atoms with Crippen LogP contribution in [-0.4, -0.2) is 22.4 Å². The van der Waals surface area contributed by atoms with Crippen molar-refractivity contribution in [2.75, 3.05) is 7.11 Å². The van der Waals surface area contributed by atoms with E-state index in [-0.39, 0.29) is 22.5 Å². The third kappa shape index (κ3) is 4.37. The number of aromatic hydroxyl groups is 3. The molecule has 0 aliphatic carbocycles. The third-order valence-electron chi connectivity index (χ3n) is 4.27. The molecule has 1 heterocycles. The van der Waals surface area contributed by atoms with Crippen molar-refractivity contribution < 1.29 is 24.5 Å². The number of hydrogen-bond acceptors (Lipinski definition) is 6. The predicted octanol–water partition coefficient (Wildman–Crippen LogP) is 5.12. The lowest BCUT2D eigenvalue weighted by Gasteiger charge is -2.12. The first-order valence-electron chi connectivity index (χ1n) is 9.34. The van der Waals surface area contributed by atoms with Crippen LogP contribution in [0.15, 0.2) is 51.2 Å². The Kier molecular flexibility index (Phi) is 6.93. The van der Waals surface area contributed by atoms with Crippen LogP contribution in [0.2, 0.25) is 0 Å². The second-order valence-electron chi connectivity index (χ2n) is 6.42. The van der Waals surface area contributed by atoms with E-state index in [0.717, 1.165) is 11.6 Å². The van der Waals surface area contributed by atoms with Gasteiger partial charge in [-0.3, -0.25) is 4.79 Å². The first kappa shape index (κ1) is 21.9. The van der Waals surface area contributed by atoms with Crippen molar-refractivity contribution in [2.24, 2.45) is 0 Å². The first-order valence-corrected chi connectivity index (χ1v) is 9.34. The maximum absolute atomic E-state index is 12.7. The number of hydrogen-bond donors (Lipinski definition) is 3. The summed E-state index contributed by atoms with van der Waals surface area (Å²) < 4.78 is 10.9. The zero-order chi connectivity index (χ0) is 21.7. The fraction of sp³-hybridized carbons (Fsp3) is 0.261. The molecule has 29 heavy (non-hydrogen) atoms. The summed E-state index contributed by atoms with van der Waals surface area (Å²) in [7, 11) is 1.53. The fourth-order valence-electron chi connectivity index (χ4n) is 2.82. The molecule has 2 aromatic carbocycles. The molecular formula is C23H26O6. The van der Waals surface area contributed by atoms with Gasteiger partial charge in [0.1, 0.15) is 28.2 Å². The molecule has 3 rings (SSSR count). The van der Waals surface area contributed by atoms with Crippen LogP contribution >= 0.6 is 0 Å². The minimum Gasteiger partial charge on any atom is -0.507 e.